The Morgan fingerprint density at radius 2 is 2.08 bits per heavy atom. The van der Waals surface area contributed by atoms with Crippen molar-refractivity contribution in [2.24, 2.45) is 0 Å². The van der Waals surface area contributed by atoms with Crippen molar-refractivity contribution in [1.29, 1.82) is 0 Å². The number of methoxy groups -OCH3 is 1. The van der Waals surface area contributed by atoms with Crippen molar-refractivity contribution in [1.82, 2.24) is 25.0 Å². The minimum Gasteiger partial charge on any atom is -0.496 e. The van der Waals surface area contributed by atoms with Crippen LogP contribution in [0.2, 0.25) is 0 Å². The first kappa shape index (κ1) is 26.8. The Hall–Kier alpha value is -3.75. The van der Waals surface area contributed by atoms with Gasteiger partial charge in [0.25, 0.3) is 17.9 Å². The summed E-state index contributed by atoms with van der Waals surface area (Å²) in [5.41, 5.74) is 0.451. The number of alkyl halides is 2. The van der Waals surface area contributed by atoms with Gasteiger partial charge in [0.05, 0.1) is 25.5 Å². The topological polar surface area (TPSA) is 121 Å². The van der Waals surface area contributed by atoms with Crippen molar-refractivity contribution in [3.63, 3.8) is 0 Å². The van der Waals surface area contributed by atoms with Crippen LogP contribution in [0.5, 0.6) is 5.75 Å². The molecule has 1 aliphatic heterocycles. The highest BCUT2D eigenvalue weighted by Crippen LogP contribution is 2.37. The monoisotopic (exact) mass is 572 g/mol. The van der Waals surface area contributed by atoms with Crippen LogP contribution in [0, 0.1) is 6.92 Å². The number of nitrogens with one attached hydrogen (secondary N) is 1. The number of amides is 1. The van der Waals surface area contributed by atoms with E-state index in [2.05, 4.69) is 25.6 Å². The normalized spacial score (nSPS) is 15.1. The highest BCUT2D eigenvalue weighted by molar-refractivity contribution is 8.01. The maximum atomic E-state index is 13.6. The molecule has 39 heavy (non-hydrogen) atoms. The second-order valence-corrected chi connectivity index (χ2v) is 11.1. The van der Waals surface area contributed by atoms with Gasteiger partial charge in [-0.2, -0.15) is 9.78 Å². The fourth-order valence-electron chi connectivity index (χ4n) is 3.93. The van der Waals surface area contributed by atoms with Crippen LogP contribution in [0.25, 0.3) is 16.9 Å². The molecule has 5 rings (SSSR count). The molecule has 4 aromatic rings. The summed E-state index contributed by atoms with van der Waals surface area (Å²) in [7, 11) is 1.39. The number of ether oxygens (including phenoxy) is 2. The molecule has 0 bridgehead atoms. The fraction of sp³-hybridized carbons (Fsp3) is 0.280. The molecule has 1 fully saturated rings. The minimum atomic E-state index is -2.75. The van der Waals surface area contributed by atoms with Gasteiger partial charge in [-0.05, 0) is 43.2 Å². The van der Waals surface area contributed by atoms with Crippen molar-refractivity contribution in [2.45, 2.75) is 29.4 Å². The van der Waals surface area contributed by atoms with Crippen LogP contribution in [-0.4, -0.2) is 56.4 Å². The highest BCUT2D eigenvalue weighted by atomic mass is 32.2. The molecule has 0 spiro atoms. The fourth-order valence-corrected chi connectivity index (χ4v) is 5.99. The zero-order valence-corrected chi connectivity index (χ0v) is 22.4. The minimum absolute atomic E-state index is 0.0530. The predicted molar refractivity (Wildman–Crippen MR) is 142 cm³/mol. The lowest BCUT2D eigenvalue weighted by atomic mass is 9.98. The molecular formula is C25H22F2N6O4S2. The van der Waals surface area contributed by atoms with E-state index in [4.69, 9.17) is 9.47 Å². The Kier molecular flexibility index (Phi) is 7.95. The van der Waals surface area contributed by atoms with Gasteiger partial charge in [0, 0.05) is 40.8 Å². The lowest BCUT2D eigenvalue weighted by Gasteiger charge is -2.15. The Morgan fingerprint density at radius 3 is 2.79 bits per heavy atom. The molecule has 1 aliphatic rings. The van der Waals surface area contributed by atoms with Gasteiger partial charge in [0.15, 0.2) is 10.2 Å². The number of hydrogen-bond donors (Lipinski definition) is 1. The molecular weight excluding hydrogens is 550 g/mol. The molecule has 0 aliphatic carbocycles. The van der Waals surface area contributed by atoms with Crippen LogP contribution >= 0.6 is 23.1 Å². The quantitative estimate of drug-likeness (QED) is 0.304. The number of aromatic nitrogens is 5. The SMILES string of the molecule is COc1ccc(C(F)F)cc1-c1cc(-n2ncc(C)cc2=O)ncc1C(=O)Nc1nnc(SC2CCOC2)s1. The van der Waals surface area contributed by atoms with E-state index in [0.717, 1.165) is 11.1 Å². The molecule has 0 saturated carbocycles. The van der Waals surface area contributed by atoms with Gasteiger partial charge >= 0.3 is 0 Å². The third-order valence-corrected chi connectivity index (χ3v) is 8.00. The first-order valence-electron chi connectivity index (χ1n) is 11.7. The van der Waals surface area contributed by atoms with E-state index in [0.29, 0.717) is 23.1 Å². The maximum Gasteiger partial charge on any atom is 0.273 e. The van der Waals surface area contributed by atoms with E-state index in [1.54, 1.807) is 6.92 Å². The zero-order chi connectivity index (χ0) is 27.5. The Bertz CT molecular complexity index is 1570. The molecule has 4 heterocycles. The Balaban J connectivity index is 1.55. The zero-order valence-electron chi connectivity index (χ0n) is 20.8. The highest BCUT2D eigenvalue weighted by Gasteiger charge is 2.23. The summed E-state index contributed by atoms with van der Waals surface area (Å²) in [6, 6.07) is 6.71. The number of aryl methyl sites for hydroxylation is 1. The van der Waals surface area contributed by atoms with Gasteiger partial charge in [-0.1, -0.05) is 23.1 Å². The molecule has 1 saturated heterocycles. The lowest BCUT2D eigenvalue weighted by molar-refractivity contribution is 0.102. The second-order valence-electron chi connectivity index (χ2n) is 8.56. The van der Waals surface area contributed by atoms with Gasteiger partial charge in [0.2, 0.25) is 5.13 Å². The molecule has 0 radical (unpaired) electrons. The van der Waals surface area contributed by atoms with E-state index in [1.807, 2.05) is 0 Å². The summed E-state index contributed by atoms with van der Waals surface area (Å²) >= 11 is 2.75. The molecule has 1 N–H and O–H groups in total. The molecule has 1 aromatic carbocycles. The number of halogens is 2. The van der Waals surface area contributed by atoms with Crippen LogP contribution in [0.1, 0.15) is 34.3 Å². The average Bonchev–Trinajstić information content (AvgIpc) is 3.60. The molecule has 1 unspecified atom stereocenters. The van der Waals surface area contributed by atoms with E-state index >= 15 is 0 Å². The maximum absolute atomic E-state index is 13.6. The number of benzene rings is 1. The van der Waals surface area contributed by atoms with Crippen LogP contribution in [0.3, 0.4) is 0 Å². The number of thioether (sulfide) groups is 1. The van der Waals surface area contributed by atoms with E-state index in [9.17, 15) is 18.4 Å². The number of carbonyl (C=O) groups excluding carboxylic acids is 1. The summed E-state index contributed by atoms with van der Waals surface area (Å²) in [6.45, 7) is 3.06. The lowest BCUT2D eigenvalue weighted by Crippen LogP contribution is -2.22. The van der Waals surface area contributed by atoms with Crippen molar-refractivity contribution >= 4 is 34.1 Å². The van der Waals surface area contributed by atoms with Crippen LogP contribution in [0.4, 0.5) is 13.9 Å². The number of carbonyl (C=O) groups is 1. The first-order valence-corrected chi connectivity index (χ1v) is 13.4. The number of anilines is 1. The van der Waals surface area contributed by atoms with Gasteiger partial charge in [-0.25, -0.2) is 13.8 Å². The summed E-state index contributed by atoms with van der Waals surface area (Å²) in [5.74, 6) is -0.234. The summed E-state index contributed by atoms with van der Waals surface area (Å²) in [6.07, 6.45) is 0.905. The molecule has 202 valence electrons. The van der Waals surface area contributed by atoms with Gasteiger partial charge < -0.3 is 9.47 Å². The molecule has 14 heteroatoms. The van der Waals surface area contributed by atoms with Crippen molar-refractivity contribution in [2.75, 3.05) is 25.6 Å². The number of rotatable bonds is 8. The van der Waals surface area contributed by atoms with E-state index in [-0.39, 0.29) is 44.2 Å². The molecule has 1 amide bonds. The largest absolute Gasteiger partial charge is 0.496 e. The third-order valence-electron chi connectivity index (χ3n) is 5.84. The second kappa shape index (κ2) is 11.6. The van der Waals surface area contributed by atoms with Crippen LogP contribution in [0.15, 0.2) is 51.9 Å². The van der Waals surface area contributed by atoms with Gasteiger partial charge in [0.1, 0.15) is 5.75 Å². The number of hydrogen-bond acceptors (Lipinski definition) is 10. The summed E-state index contributed by atoms with van der Waals surface area (Å²) in [4.78, 5) is 30.3. The van der Waals surface area contributed by atoms with Crippen molar-refractivity contribution < 1.29 is 23.0 Å². The van der Waals surface area contributed by atoms with Gasteiger partial charge in [-0.15, -0.1) is 10.2 Å². The molecule has 1 atom stereocenters. The average molecular weight is 573 g/mol. The van der Waals surface area contributed by atoms with Crippen LogP contribution < -0.4 is 15.6 Å². The molecule has 3 aromatic heterocycles. The van der Waals surface area contributed by atoms with E-state index < -0.39 is 17.9 Å². The van der Waals surface area contributed by atoms with Crippen LogP contribution in [-0.2, 0) is 4.74 Å². The smallest absolute Gasteiger partial charge is 0.273 e. The first-order chi connectivity index (χ1) is 18.8. The standard InChI is InChI=1S/C25H22F2N6O4S2/c1-13-7-21(34)33(29-10-13)20-9-16(17-8-14(22(26)27)3-4-19(17)36-2)18(11-28-20)23(35)30-24-31-32-25(39-24)38-15-5-6-37-12-15/h3-4,7-11,15,22H,5-6,12H2,1-2H3,(H,30,31,35). The summed E-state index contributed by atoms with van der Waals surface area (Å²) < 4.78 is 39.8. The van der Waals surface area contributed by atoms with Crippen molar-refractivity contribution in [3.8, 4) is 22.7 Å². The Morgan fingerprint density at radius 1 is 1.23 bits per heavy atom. The predicted octanol–water partition coefficient (Wildman–Crippen LogP) is 4.53. The number of nitrogens with zero attached hydrogens (tertiary/aromatic N) is 5. The third kappa shape index (κ3) is 5.97. The molecule has 10 nitrogen and oxygen atoms in total. The Labute approximate surface area is 229 Å². The van der Waals surface area contributed by atoms with Crippen molar-refractivity contribution in [3.05, 3.63) is 69.8 Å². The number of pyridine rings is 1. The van der Waals surface area contributed by atoms with Gasteiger partial charge in [-0.3, -0.25) is 14.9 Å². The van der Waals surface area contributed by atoms with E-state index in [1.165, 1.54) is 72.9 Å². The summed E-state index contributed by atoms with van der Waals surface area (Å²) in [5, 5.41) is 15.6.